The molecule has 1 atom stereocenters. The Morgan fingerprint density at radius 3 is 2.30 bits per heavy atom. The van der Waals surface area contributed by atoms with Crippen LogP contribution in [0.3, 0.4) is 0 Å². The predicted octanol–water partition coefficient (Wildman–Crippen LogP) is 2.67. The first-order valence-electron chi connectivity index (χ1n) is 7.28. The maximum atomic E-state index is 11.9. The van der Waals surface area contributed by atoms with E-state index in [1.807, 2.05) is 6.07 Å². The number of aliphatic carboxylic acids is 1. The third-order valence-corrected chi connectivity index (χ3v) is 3.11. The van der Waals surface area contributed by atoms with Gasteiger partial charge in [-0.05, 0) is 44.9 Å². The van der Waals surface area contributed by atoms with Crippen LogP contribution in [0.1, 0.15) is 31.9 Å². The van der Waals surface area contributed by atoms with E-state index < -0.39 is 23.6 Å². The largest absolute Gasteiger partial charge is 0.481 e. The van der Waals surface area contributed by atoms with Gasteiger partial charge in [0.25, 0.3) is 0 Å². The second kappa shape index (κ2) is 7.63. The number of rotatable bonds is 5. The fourth-order valence-electron chi connectivity index (χ4n) is 1.97. The first-order chi connectivity index (χ1) is 10.6. The van der Waals surface area contributed by atoms with E-state index in [2.05, 4.69) is 0 Å². The van der Waals surface area contributed by atoms with Crippen LogP contribution in [0.15, 0.2) is 24.3 Å². The fourth-order valence-corrected chi connectivity index (χ4v) is 1.97. The van der Waals surface area contributed by atoms with E-state index >= 15 is 0 Å². The molecule has 1 aromatic rings. The first kappa shape index (κ1) is 18.5. The van der Waals surface area contributed by atoms with Crippen LogP contribution in [-0.2, 0) is 16.0 Å². The summed E-state index contributed by atoms with van der Waals surface area (Å²) in [4.78, 5) is 24.6. The van der Waals surface area contributed by atoms with Crippen LogP contribution in [-0.4, -0.2) is 41.3 Å². The minimum Gasteiger partial charge on any atom is -0.481 e. The molecule has 0 radical (unpaired) electrons. The van der Waals surface area contributed by atoms with Gasteiger partial charge in [-0.15, -0.1) is 0 Å². The van der Waals surface area contributed by atoms with Crippen LogP contribution in [0.2, 0.25) is 0 Å². The average molecular weight is 318 g/mol. The van der Waals surface area contributed by atoms with Crippen LogP contribution in [0.5, 0.6) is 0 Å². The average Bonchev–Trinajstić information content (AvgIpc) is 2.45. The van der Waals surface area contributed by atoms with E-state index in [0.29, 0.717) is 5.56 Å². The lowest BCUT2D eigenvalue weighted by Gasteiger charge is -2.26. The van der Waals surface area contributed by atoms with Crippen LogP contribution >= 0.6 is 0 Å². The van der Waals surface area contributed by atoms with E-state index in [4.69, 9.17) is 10.00 Å². The normalized spacial score (nSPS) is 12.1. The number of nitrogens with zero attached hydrogens (tertiary/aromatic N) is 2. The van der Waals surface area contributed by atoms with Crippen molar-refractivity contribution in [2.45, 2.75) is 32.8 Å². The zero-order valence-electron chi connectivity index (χ0n) is 13.9. The van der Waals surface area contributed by atoms with Crippen molar-refractivity contribution in [3.63, 3.8) is 0 Å². The van der Waals surface area contributed by atoms with Crippen molar-refractivity contribution >= 4 is 12.1 Å². The topological polar surface area (TPSA) is 90.6 Å². The Balaban J connectivity index is 2.73. The second-order valence-corrected chi connectivity index (χ2v) is 6.41. The summed E-state index contributed by atoms with van der Waals surface area (Å²) in [5, 5.41) is 18.1. The summed E-state index contributed by atoms with van der Waals surface area (Å²) in [7, 11) is 1.52. The van der Waals surface area contributed by atoms with Gasteiger partial charge in [0, 0.05) is 13.6 Å². The highest BCUT2D eigenvalue weighted by molar-refractivity contribution is 5.73. The standard InChI is InChI=1S/C17H22N2O4/c1-17(2,3)23-16(22)19(4)11-14(15(20)21)9-12-5-7-13(10-18)8-6-12/h5-8,14H,9,11H2,1-4H3,(H,20,21). The molecule has 1 rings (SSSR count). The number of benzene rings is 1. The summed E-state index contributed by atoms with van der Waals surface area (Å²) in [5.74, 6) is -1.73. The summed E-state index contributed by atoms with van der Waals surface area (Å²) in [6.07, 6.45) is -0.280. The Morgan fingerprint density at radius 1 is 1.30 bits per heavy atom. The van der Waals surface area contributed by atoms with Crippen LogP contribution in [0.25, 0.3) is 0 Å². The molecule has 1 amide bonds. The molecule has 23 heavy (non-hydrogen) atoms. The third kappa shape index (κ3) is 6.39. The van der Waals surface area contributed by atoms with Crippen LogP contribution in [0, 0.1) is 17.2 Å². The summed E-state index contributed by atoms with van der Waals surface area (Å²) in [5.41, 5.74) is 0.692. The SMILES string of the molecule is CN(CC(Cc1ccc(C#N)cc1)C(=O)O)C(=O)OC(C)(C)C. The number of carboxylic acid groups (broad SMARTS) is 1. The van der Waals surface area contributed by atoms with Crippen molar-refractivity contribution in [1.82, 2.24) is 4.90 Å². The van der Waals surface area contributed by atoms with Gasteiger partial charge in [-0.2, -0.15) is 5.26 Å². The molecule has 0 aliphatic heterocycles. The lowest BCUT2D eigenvalue weighted by molar-refractivity contribution is -0.142. The van der Waals surface area contributed by atoms with E-state index in [0.717, 1.165) is 5.56 Å². The number of carbonyl (C=O) groups excluding carboxylic acids is 1. The van der Waals surface area contributed by atoms with Crippen molar-refractivity contribution < 1.29 is 19.4 Å². The van der Waals surface area contributed by atoms with Crippen molar-refractivity contribution in [2.24, 2.45) is 5.92 Å². The molecule has 0 bridgehead atoms. The maximum absolute atomic E-state index is 11.9. The molecule has 0 aliphatic carbocycles. The molecule has 0 saturated heterocycles. The number of hydrogen-bond donors (Lipinski definition) is 1. The smallest absolute Gasteiger partial charge is 0.410 e. The molecule has 0 fully saturated rings. The maximum Gasteiger partial charge on any atom is 0.410 e. The molecule has 0 spiro atoms. The summed E-state index contributed by atoms with van der Waals surface area (Å²) < 4.78 is 5.22. The van der Waals surface area contributed by atoms with Gasteiger partial charge in [-0.1, -0.05) is 12.1 Å². The number of carboxylic acids is 1. The van der Waals surface area contributed by atoms with Crippen molar-refractivity contribution in [3.8, 4) is 6.07 Å². The van der Waals surface area contributed by atoms with E-state index in [1.165, 1.54) is 11.9 Å². The highest BCUT2D eigenvalue weighted by Crippen LogP contribution is 2.14. The molecule has 6 nitrogen and oxygen atoms in total. The fraction of sp³-hybridized carbons (Fsp3) is 0.471. The lowest BCUT2D eigenvalue weighted by atomic mass is 9.98. The summed E-state index contributed by atoms with van der Waals surface area (Å²) in [6, 6.07) is 8.75. The Hall–Kier alpha value is -2.55. The van der Waals surface area contributed by atoms with Gasteiger partial charge in [0.15, 0.2) is 0 Å². The van der Waals surface area contributed by atoms with E-state index in [1.54, 1.807) is 45.0 Å². The lowest BCUT2D eigenvalue weighted by Crippen LogP contribution is -2.39. The molecular formula is C17H22N2O4. The molecule has 1 aromatic carbocycles. The quantitative estimate of drug-likeness (QED) is 0.901. The number of carbonyl (C=O) groups is 2. The van der Waals surface area contributed by atoms with Gasteiger partial charge < -0.3 is 14.7 Å². The number of amides is 1. The van der Waals surface area contributed by atoms with Gasteiger partial charge in [-0.25, -0.2) is 4.79 Å². The second-order valence-electron chi connectivity index (χ2n) is 6.41. The molecule has 1 unspecified atom stereocenters. The van der Waals surface area contributed by atoms with Crippen molar-refractivity contribution in [3.05, 3.63) is 35.4 Å². The molecule has 0 aromatic heterocycles. The molecule has 0 heterocycles. The van der Waals surface area contributed by atoms with Gasteiger partial charge in [0.2, 0.25) is 0 Å². The molecule has 124 valence electrons. The minimum atomic E-state index is -0.982. The first-order valence-corrected chi connectivity index (χ1v) is 7.28. The molecule has 1 N–H and O–H groups in total. The van der Waals surface area contributed by atoms with Crippen LogP contribution < -0.4 is 0 Å². The van der Waals surface area contributed by atoms with Crippen molar-refractivity contribution in [1.29, 1.82) is 5.26 Å². The van der Waals surface area contributed by atoms with Gasteiger partial charge in [-0.3, -0.25) is 4.79 Å². The molecule has 0 aliphatic rings. The number of nitriles is 1. The number of ether oxygens (including phenoxy) is 1. The third-order valence-electron chi connectivity index (χ3n) is 3.11. The summed E-state index contributed by atoms with van der Waals surface area (Å²) in [6.45, 7) is 5.31. The van der Waals surface area contributed by atoms with Gasteiger partial charge in [0.05, 0.1) is 17.6 Å². The Bertz CT molecular complexity index is 597. The zero-order chi connectivity index (χ0) is 17.6. The molecular weight excluding hydrogens is 296 g/mol. The Labute approximate surface area is 136 Å². The molecule has 0 saturated carbocycles. The molecule has 6 heteroatoms. The van der Waals surface area contributed by atoms with Crippen LogP contribution in [0.4, 0.5) is 4.79 Å². The van der Waals surface area contributed by atoms with Crippen molar-refractivity contribution in [2.75, 3.05) is 13.6 Å². The highest BCUT2D eigenvalue weighted by atomic mass is 16.6. The predicted molar refractivity (Wildman–Crippen MR) is 84.9 cm³/mol. The van der Waals surface area contributed by atoms with Gasteiger partial charge >= 0.3 is 12.1 Å². The Kier molecular flexibility index (Phi) is 6.14. The zero-order valence-corrected chi connectivity index (χ0v) is 13.9. The highest BCUT2D eigenvalue weighted by Gasteiger charge is 2.25. The van der Waals surface area contributed by atoms with E-state index in [-0.39, 0.29) is 13.0 Å². The summed E-state index contributed by atoms with van der Waals surface area (Å²) >= 11 is 0. The monoisotopic (exact) mass is 318 g/mol. The van der Waals surface area contributed by atoms with E-state index in [9.17, 15) is 14.7 Å². The Morgan fingerprint density at radius 2 is 1.87 bits per heavy atom. The number of hydrogen-bond acceptors (Lipinski definition) is 4. The van der Waals surface area contributed by atoms with Gasteiger partial charge in [0.1, 0.15) is 5.60 Å². The minimum absolute atomic E-state index is 0.0459.